The monoisotopic (exact) mass is 580 g/mol. The second kappa shape index (κ2) is 12.9. The summed E-state index contributed by atoms with van der Waals surface area (Å²) in [6, 6.07) is 17.9. The molecular weight excluding hydrogens is 540 g/mol. The number of benzene rings is 2. The Hall–Kier alpha value is -4.37. The first-order valence-electron chi connectivity index (χ1n) is 15.4. The number of aromatic amines is 1. The molecule has 0 bridgehead atoms. The van der Waals surface area contributed by atoms with Crippen LogP contribution in [0.3, 0.4) is 0 Å². The minimum absolute atomic E-state index is 0.0162. The summed E-state index contributed by atoms with van der Waals surface area (Å²) in [6.45, 7) is 2.00. The number of likely N-dealkylation sites (tertiary alicyclic amines) is 1. The average molecular weight is 581 g/mol. The highest BCUT2D eigenvalue weighted by Crippen LogP contribution is 2.36. The maximum absolute atomic E-state index is 13.2. The van der Waals surface area contributed by atoms with Crippen LogP contribution in [-0.4, -0.2) is 63.2 Å². The third kappa shape index (κ3) is 6.37. The summed E-state index contributed by atoms with van der Waals surface area (Å²) < 4.78 is 7.96. The van der Waals surface area contributed by atoms with Crippen molar-refractivity contribution in [3.05, 3.63) is 83.3 Å². The predicted octanol–water partition coefficient (Wildman–Crippen LogP) is 5.75. The van der Waals surface area contributed by atoms with Gasteiger partial charge in [-0.2, -0.15) is 5.10 Å². The van der Waals surface area contributed by atoms with Gasteiger partial charge in [0.15, 0.2) is 5.82 Å². The number of fused-ring (bicyclic) bond motifs is 1. The van der Waals surface area contributed by atoms with E-state index in [0.29, 0.717) is 35.8 Å². The number of ether oxygens (including phenoxy) is 1. The highest BCUT2D eigenvalue weighted by atomic mass is 16.5. The number of para-hydroxylation sites is 1. The molecule has 0 unspecified atom stereocenters. The Labute approximate surface area is 251 Å². The number of likely N-dealkylation sites (N-methyl/N-ethyl adjacent to an activating group) is 1. The van der Waals surface area contributed by atoms with Gasteiger partial charge in [0.25, 0.3) is 5.56 Å². The summed E-state index contributed by atoms with van der Waals surface area (Å²) in [5.74, 6) is 1.75. The van der Waals surface area contributed by atoms with Gasteiger partial charge in [0.2, 0.25) is 5.91 Å². The Balaban J connectivity index is 1.21. The van der Waals surface area contributed by atoms with Gasteiger partial charge in [0.1, 0.15) is 17.0 Å². The number of nitrogens with two attached hydrogens (primary N) is 1. The number of carbonyl (C=O) groups is 1. The molecule has 1 amide bonds. The number of nitrogens with one attached hydrogen (secondary N) is 1. The lowest BCUT2D eigenvalue weighted by molar-refractivity contribution is -0.127. The third-order valence-corrected chi connectivity index (χ3v) is 8.88. The van der Waals surface area contributed by atoms with E-state index in [2.05, 4.69) is 22.1 Å². The minimum atomic E-state index is -0.298. The molecule has 3 heterocycles. The number of hydrogen-bond donors (Lipinski definition) is 2. The van der Waals surface area contributed by atoms with Gasteiger partial charge >= 0.3 is 0 Å². The van der Waals surface area contributed by atoms with E-state index in [-0.39, 0.29) is 23.3 Å². The molecular formula is C34H40N6O3. The molecule has 4 aromatic rings. The summed E-state index contributed by atoms with van der Waals surface area (Å²) in [5, 5.41) is 7.25. The molecule has 1 aliphatic heterocycles. The van der Waals surface area contributed by atoms with Crippen LogP contribution in [0.25, 0.3) is 22.0 Å². The number of aromatic nitrogens is 3. The zero-order chi connectivity index (χ0) is 29.8. The minimum Gasteiger partial charge on any atom is -0.457 e. The molecule has 2 aliphatic rings. The van der Waals surface area contributed by atoms with Gasteiger partial charge < -0.3 is 19.9 Å². The van der Waals surface area contributed by atoms with Crippen LogP contribution in [-0.2, 0) is 4.79 Å². The first-order chi connectivity index (χ1) is 21.0. The van der Waals surface area contributed by atoms with Crippen molar-refractivity contribution in [1.29, 1.82) is 0 Å². The molecule has 2 aromatic heterocycles. The summed E-state index contributed by atoms with van der Waals surface area (Å²) in [7, 11) is 2.15. The van der Waals surface area contributed by atoms with E-state index in [1.165, 1.54) is 32.1 Å². The molecule has 224 valence electrons. The van der Waals surface area contributed by atoms with Crippen molar-refractivity contribution in [3.8, 4) is 22.6 Å². The largest absolute Gasteiger partial charge is 0.457 e. The smallest absolute Gasteiger partial charge is 0.288 e. The van der Waals surface area contributed by atoms with Crippen LogP contribution in [0.2, 0.25) is 0 Å². The highest BCUT2D eigenvalue weighted by Gasteiger charge is 2.28. The van der Waals surface area contributed by atoms with Crippen LogP contribution in [0.5, 0.6) is 11.5 Å². The Kier molecular flexibility index (Phi) is 8.60. The fourth-order valence-electron chi connectivity index (χ4n) is 6.55. The molecule has 0 radical (unpaired) electrons. The number of anilines is 1. The van der Waals surface area contributed by atoms with Gasteiger partial charge in [-0.15, -0.1) is 0 Å². The normalized spacial score (nSPS) is 18.1. The molecule has 0 spiro atoms. The van der Waals surface area contributed by atoms with Crippen molar-refractivity contribution >= 4 is 22.6 Å². The van der Waals surface area contributed by atoms with Crippen molar-refractivity contribution in [2.24, 2.45) is 0 Å². The molecule has 1 saturated carbocycles. The number of amides is 1. The fourth-order valence-corrected chi connectivity index (χ4v) is 6.55. The standard InChI is InChI=1S/C34H40N6O3/c1-38(25-10-4-2-5-11-25)20-9-15-30(41)39-21-8-12-26(22-39)40-23-29(31-32(40)34(42)37-36-33(31)35)24-16-18-28(19-17-24)43-27-13-6-3-7-14-27/h3,6-7,9,13-19,23,25-26H,2,4-5,8,10-12,20-22H2,1H3,(H2,35,36)(H,37,42)/t26-/m1/s1. The summed E-state index contributed by atoms with van der Waals surface area (Å²) >= 11 is 0. The van der Waals surface area contributed by atoms with Gasteiger partial charge in [-0.3, -0.25) is 14.5 Å². The van der Waals surface area contributed by atoms with E-state index in [4.69, 9.17) is 10.5 Å². The molecule has 2 fully saturated rings. The van der Waals surface area contributed by atoms with E-state index < -0.39 is 0 Å². The summed E-state index contributed by atoms with van der Waals surface area (Å²) in [4.78, 5) is 30.6. The maximum atomic E-state index is 13.2. The van der Waals surface area contributed by atoms with E-state index in [1.54, 1.807) is 6.08 Å². The van der Waals surface area contributed by atoms with Crippen LogP contribution < -0.4 is 16.0 Å². The average Bonchev–Trinajstić information content (AvgIpc) is 3.46. The molecule has 9 heteroatoms. The van der Waals surface area contributed by atoms with Gasteiger partial charge in [0, 0.05) is 43.5 Å². The van der Waals surface area contributed by atoms with Crippen LogP contribution >= 0.6 is 0 Å². The Morgan fingerprint density at radius 3 is 2.56 bits per heavy atom. The van der Waals surface area contributed by atoms with E-state index >= 15 is 0 Å². The second-order valence-electron chi connectivity index (χ2n) is 11.8. The lowest BCUT2D eigenvalue weighted by Crippen LogP contribution is -2.40. The van der Waals surface area contributed by atoms with Crippen molar-refractivity contribution in [2.75, 3.05) is 32.4 Å². The summed E-state index contributed by atoms with van der Waals surface area (Å²) in [6.07, 6.45) is 13.8. The van der Waals surface area contributed by atoms with Gasteiger partial charge in [-0.1, -0.05) is 55.7 Å². The molecule has 43 heavy (non-hydrogen) atoms. The van der Waals surface area contributed by atoms with E-state index in [1.807, 2.05) is 76.3 Å². The fraction of sp³-hybridized carbons (Fsp3) is 0.382. The molecule has 3 N–H and O–H groups in total. The highest BCUT2D eigenvalue weighted by molar-refractivity contribution is 6.02. The maximum Gasteiger partial charge on any atom is 0.288 e. The van der Waals surface area contributed by atoms with Crippen molar-refractivity contribution in [2.45, 2.75) is 57.0 Å². The molecule has 9 nitrogen and oxygen atoms in total. The quantitative estimate of drug-likeness (QED) is 0.257. The number of nitrogen functional groups attached to an aromatic ring is 1. The predicted molar refractivity (Wildman–Crippen MR) is 170 cm³/mol. The van der Waals surface area contributed by atoms with Crippen LogP contribution in [0, 0.1) is 0 Å². The number of hydrogen-bond acceptors (Lipinski definition) is 6. The molecule has 1 saturated heterocycles. The van der Waals surface area contributed by atoms with E-state index in [9.17, 15) is 9.59 Å². The first kappa shape index (κ1) is 28.7. The number of H-pyrrole nitrogens is 1. The lowest BCUT2D eigenvalue weighted by atomic mass is 9.94. The summed E-state index contributed by atoms with van der Waals surface area (Å²) in [5.41, 5.74) is 8.26. The third-order valence-electron chi connectivity index (χ3n) is 8.88. The molecule has 1 aliphatic carbocycles. The second-order valence-corrected chi connectivity index (χ2v) is 11.8. The van der Waals surface area contributed by atoms with Gasteiger partial charge in [0.05, 0.1) is 11.4 Å². The van der Waals surface area contributed by atoms with Crippen LogP contribution in [0.15, 0.2) is 77.7 Å². The van der Waals surface area contributed by atoms with Crippen LogP contribution in [0.1, 0.15) is 51.0 Å². The zero-order valence-electron chi connectivity index (χ0n) is 24.7. The van der Waals surface area contributed by atoms with Crippen molar-refractivity contribution in [1.82, 2.24) is 24.6 Å². The molecule has 1 atom stereocenters. The number of nitrogens with zero attached hydrogens (tertiary/aromatic N) is 4. The zero-order valence-corrected chi connectivity index (χ0v) is 24.7. The molecule has 6 rings (SSSR count). The van der Waals surface area contributed by atoms with Gasteiger partial charge in [-0.25, -0.2) is 5.10 Å². The van der Waals surface area contributed by atoms with Crippen molar-refractivity contribution < 1.29 is 9.53 Å². The molecule has 2 aromatic carbocycles. The Bertz CT molecular complexity index is 1640. The SMILES string of the molecule is CN(CC=CC(=O)N1CCC[C@@H](n2cc(-c3ccc(Oc4ccccc4)cc3)c3c(N)n[nH]c(=O)c32)C1)C1CCCCC1. The van der Waals surface area contributed by atoms with Crippen LogP contribution in [0.4, 0.5) is 5.82 Å². The number of rotatable bonds is 8. The van der Waals surface area contributed by atoms with Gasteiger partial charge in [-0.05, 0) is 62.6 Å². The Morgan fingerprint density at radius 1 is 1.05 bits per heavy atom. The number of piperidine rings is 1. The lowest BCUT2D eigenvalue weighted by Gasteiger charge is -2.33. The number of carbonyl (C=O) groups excluding carboxylic acids is 1. The topological polar surface area (TPSA) is 109 Å². The van der Waals surface area contributed by atoms with E-state index in [0.717, 1.165) is 36.3 Å². The Morgan fingerprint density at radius 2 is 1.79 bits per heavy atom. The first-order valence-corrected chi connectivity index (χ1v) is 15.4. The van der Waals surface area contributed by atoms with Crippen molar-refractivity contribution in [3.63, 3.8) is 0 Å².